The van der Waals surface area contributed by atoms with E-state index >= 15 is 0 Å². The van der Waals surface area contributed by atoms with Crippen molar-refractivity contribution in [3.05, 3.63) is 84.6 Å². The molecule has 2 aromatic carbocycles. The molecule has 4 rings (SSSR count). The summed E-state index contributed by atoms with van der Waals surface area (Å²) in [6.07, 6.45) is 3.98. The second kappa shape index (κ2) is 10.3. The molecule has 0 aliphatic heterocycles. The molecule has 0 bridgehead atoms. The standard InChI is InChI=1S/C26H29N3O3S/c1-19(20-8-4-2-5-9-20)28-26(30)22-12-14-23(15-13-22)29-33(31,32)24-16-17-25(27-18-24)21-10-6-3-7-11-21/h2-11,16-19,22-23,29H,12-15H2,1H3,(H,28,30)/t19-,22-,23-/m1/s1. The second-order valence-electron chi connectivity index (χ2n) is 8.56. The van der Waals surface area contributed by atoms with Crippen molar-refractivity contribution in [1.82, 2.24) is 15.0 Å². The first-order valence-electron chi connectivity index (χ1n) is 11.3. The Hall–Kier alpha value is -3.03. The van der Waals surface area contributed by atoms with Crippen molar-refractivity contribution in [2.24, 2.45) is 5.92 Å². The van der Waals surface area contributed by atoms with Crippen molar-refractivity contribution < 1.29 is 13.2 Å². The molecule has 3 aromatic rings. The molecule has 1 aliphatic carbocycles. The third kappa shape index (κ3) is 5.86. The highest BCUT2D eigenvalue weighted by Gasteiger charge is 2.29. The Balaban J connectivity index is 1.30. The van der Waals surface area contributed by atoms with E-state index in [1.54, 1.807) is 12.1 Å². The predicted molar refractivity (Wildman–Crippen MR) is 129 cm³/mol. The molecule has 6 nitrogen and oxygen atoms in total. The maximum Gasteiger partial charge on any atom is 0.242 e. The van der Waals surface area contributed by atoms with Gasteiger partial charge in [-0.05, 0) is 50.3 Å². The van der Waals surface area contributed by atoms with E-state index in [4.69, 9.17) is 0 Å². The Morgan fingerprint density at radius 2 is 1.55 bits per heavy atom. The van der Waals surface area contributed by atoms with E-state index in [1.165, 1.54) is 6.20 Å². The van der Waals surface area contributed by atoms with Gasteiger partial charge >= 0.3 is 0 Å². The van der Waals surface area contributed by atoms with Gasteiger partial charge in [0.25, 0.3) is 0 Å². The maximum atomic E-state index is 12.8. The van der Waals surface area contributed by atoms with E-state index in [0.717, 1.165) is 16.8 Å². The lowest BCUT2D eigenvalue weighted by Crippen LogP contribution is -2.41. The normalized spacial score (nSPS) is 19.5. The number of nitrogens with zero attached hydrogens (tertiary/aromatic N) is 1. The van der Waals surface area contributed by atoms with Gasteiger partial charge in [0.05, 0.1) is 11.7 Å². The minimum Gasteiger partial charge on any atom is -0.349 e. The summed E-state index contributed by atoms with van der Waals surface area (Å²) in [6, 6.07) is 22.6. The Morgan fingerprint density at radius 1 is 0.909 bits per heavy atom. The molecule has 1 aromatic heterocycles. The zero-order valence-corrected chi connectivity index (χ0v) is 19.5. The van der Waals surface area contributed by atoms with Crippen LogP contribution in [0.1, 0.15) is 44.2 Å². The van der Waals surface area contributed by atoms with Gasteiger partial charge in [0.2, 0.25) is 15.9 Å². The van der Waals surface area contributed by atoms with Crippen LogP contribution in [0.3, 0.4) is 0 Å². The van der Waals surface area contributed by atoms with Crippen molar-refractivity contribution in [3.63, 3.8) is 0 Å². The van der Waals surface area contributed by atoms with Gasteiger partial charge in [-0.3, -0.25) is 9.78 Å². The highest BCUT2D eigenvalue weighted by molar-refractivity contribution is 7.89. The summed E-state index contributed by atoms with van der Waals surface area (Å²) in [5.74, 6) is -0.0582. The molecule has 1 aliphatic rings. The van der Waals surface area contributed by atoms with Gasteiger partial charge in [-0.1, -0.05) is 60.7 Å². The molecule has 0 radical (unpaired) electrons. The van der Waals surface area contributed by atoms with E-state index in [-0.39, 0.29) is 28.8 Å². The van der Waals surface area contributed by atoms with Crippen molar-refractivity contribution in [2.75, 3.05) is 0 Å². The molecule has 1 atom stereocenters. The fourth-order valence-electron chi connectivity index (χ4n) is 4.24. The van der Waals surface area contributed by atoms with Crippen LogP contribution >= 0.6 is 0 Å². The molecule has 172 valence electrons. The van der Waals surface area contributed by atoms with E-state index in [1.807, 2.05) is 67.6 Å². The Kier molecular flexibility index (Phi) is 7.20. The molecule has 0 saturated heterocycles. The molecule has 7 heteroatoms. The van der Waals surface area contributed by atoms with Gasteiger partial charge in [-0.15, -0.1) is 0 Å². The molecule has 1 saturated carbocycles. The summed E-state index contributed by atoms with van der Waals surface area (Å²) in [7, 11) is -3.66. The molecule has 0 unspecified atom stereocenters. The molecule has 1 amide bonds. The molecule has 0 spiro atoms. The fourth-order valence-corrected chi connectivity index (χ4v) is 5.49. The molecule has 33 heavy (non-hydrogen) atoms. The minimum atomic E-state index is -3.66. The lowest BCUT2D eigenvalue weighted by molar-refractivity contribution is -0.126. The summed E-state index contributed by atoms with van der Waals surface area (Å²) in [5.41, 5.74) is 2.73. The van der Waals surface area contributed by atoms with Gasteiger partial charge in [-0.25, -0.2) is 13.1 Å². The summed E-state index contributed by atoms with van der Waals surface area (Å²) in [5, 5.41) is 3.09. The first kappa shape index (κ1) is 23.1. The van der Waals surface area contributed by atoms with E-state index in [9.17, 15) is 13.2 Å². The Bertz CT molecular complexity index is 1160. The van der Waals surface area contributed by atoms with Crippen LogP contribution in [0.5, 0.6) is 0 Å². The lowest BCUT2D eigenvalue weighted by Gasteiger charge is -2.29. The summed E-state index contributed by atoms with van der Waals surface area (Å²) < 4.78 is 28.5. The van der Waals surface area contributed by atoms with Crippen LogP contribution in [0.15, 0.2) is 83.9 Å². The molecular formula is C26H29N3O3S. The van der Waals surface area contributed by atoms with Gasteiger partial charge in [-0.2, -0.15) is 0 Å². The van der Waals surface area contributed by atoms with Crippen molar-refractivity contribution in [1.29, 1.82) is 0 Å². The van der Waals surface area contributed by atoms with Crippen molar-refractivity contribution in [2.45, 2.75) is 49.6 Å². The topological polar surface area (TPSA) is 88.2 Å². The minimum absolute atomic E-state index is 0.0355. The van der Waals surface area contributed by atoms with Crippen LogP contribution in [-0.4, -0.2) is 25.4 Å². The van der Waals surface area contributed by atoms with Crippen molar-refractivity contribution in [3.8, 4) is 11.3 Å². The van der Waals surface area contributed by atoms with Gasteiger partial charge < -0.3 is 5.32 Å². The quantitative estimate of drug-likeness (QED) is 0.541. The number of carbonyl (C=O) groups is 1. The summed E-state index contributed by atoms with van der Waals surface area (Å²) in [4.78, 5) is 17.2. The molecular weight excluding hydrogens is 434 g/mol. The van der Waals surface area contributed by atoms with Crippen molar-refractivity contribution >= 4 is 15.9 Å². The number of hydrogen-bond acceptors (Lipinski definition) is 4. The predicted octanol–water partition coefficient (Wildman–Crippen LogP) is 4.46. The number of aromatic nitrogens is 1. The third-order valence-corrected chi connectivity index (χ3v) is 7.70. The number of nitrogens with one attached hydrogen (secondary N) is 2. The Labute approximate surface area is 195 Å². The van der Waals surface area contributed by atoms with Gasteiger partial charge in [0.15, 0.2) is 0 Å². The van der Waals surface area contributed by atoms with Crippen LogP contribution in [0.4, 0.5) is 0 Å². The zero-order valence-electron chi connectivity index (χ0n) is 18.6. The van der Waals surface area contributed by atoms with E-state index in [2.05, 4.69) is 15.0 Å². The molecule has 2 N–H and O–H groups in total. The number of hydrogen-bond donors (Lipinski definition) is 2. The van der Waals surface area contributed by atoms with Crippen LogP contribution in [0.25, 0.3) is 11.3 Å². The van der Waals surface area contributed by atoms with Gasteiger partial charge in [0.1, 0.15) is 4.90 Å². The number of pyridine rings is 1. The fraction of sp³-hybridized carbons (Fsp3) is 0.308. The number of benzene rings is 2. The largest absolute Gasteiger partial charge is 0.349 e. The lowest BCUT2D eigenvalue weighted by atomic mass is 9.85. The van der Waals surface area contributed by atoms with Gasteiger partial charge in [0, 0.05) is 23.7 Å². The number of sulfonamides is 1. The SMILES string of the molecule is C[C@@H](NC(=O)[C@H]1CC[C@H](NS(=O)(=O)c2ccc(-c3ccccc3)nc2)CC1)c1ccccc1. The average Bonchev–Trinajstić information content (AvgIpc) is 2.85. The van der Waals surface area contributed by atoms with Crippen LogP contribution in [-0.2, 0) is 14.8 Å². The summed E-state index contributed by atoms with van der Waals surface area (Å²) in [6.45, 7) is 1.98. The maximum absolute atomic E-state index is 12.8. The zero-order chi connectivity index (χ0) is 23.3. The number of rotatable bonds is 7. The monoisotopic (exact) mass is 463 g/mol. The summed E-state index contributed by atoms with van der Waals surface area (Å²) >= 11 is 0. The second-order valence-corrected chi connectivity index (χ2v) is 10.3. The van der Waals surface area contributed by atoms with Crippen LogP contribution < -0.4 is 10.0 Å². The molecule has 1 heterocycles. The van der Waals surface area contributed by atoms with E-state index < -0.39 is 10.0 Å². The Morgan fingerprint density at radius 3 is 2.15 bits per heavy atom. The number of carbonyl (C=O) groups excluding carboxylic acids is 1. The third-order valence-electron chi connectivity index (χ3n) is 6.19. The van der Waals surface area contributed by atoms with Crippen LogP contribution in [0.2, 0.25) is 0 Å². The first-order chi connectivity index (χ1) is 15.9. The average molecular weight is 464 g/mol. The first-order valence-corrected chi connectivity index (χ1v) is 12.8. The van der Waals surface area contributed by atoms with Crippen LogP contribution in [0, 0.1) is 5.92 Å². The van der Waals surface area contributed by atoms with E-state index in [0.29, 0.717) is 25.7 Å². The highest BCUT2D eigenvalue weighted by atomic mass is 32.2. The smallest absolute Gasteiger partial charge is 0.242 e. The number of amides is 1. The molecule has 1 fully saturated rings. The highest BCUT2D eigenvalue weighted by Crippen LogP contribution is 2.27.